The van der Waals surface area contributed by atoms with Crippen molar-refractivity contribution in [1.29, 1.82) is 0 Å². The second kappa shape index (κ2) is 5.08. The van der Waals surface area contributed by atoms with Gasteiger partial charge in [0, 0.05) is 12.1 Å². The van der Waals surface area contributed by atoms with E-state index in [4.69, 9.17) is 4.74 Å². The molecule has 1 N–H and O–H groups in total. The molecule has 0 saturated heterocycles. The fraction of sp³-hybridized carbons (Fsp3) is 0.600. The molecule has 0 radical (unpaired) electrons. The zero-order valence-corrected chi connectivity index (χ0v) is 10.9. The van der Waals surface area contributed by atoms with Gasteiger partial charge in [-0.3, -0.25) is 0 Å². The first-order chi connectivity index (χ1) is 9.17. The van der Waals surface area contributed by atoms with Gasteiger partial charge in [0.25, 0.3) is 0 Å². The van der Waals surface area contributed by atoms with E-state index < -0.39 is 11.6 Å². The van der Waals surface area contributed by atoms with Crippen molar-refractivity contribution < 1.29 is 13.5 Å². The number of rotatable bonds is 6. The second-order valence-corrected chi connectivity index (χ2v) is 5.69. The van der Waals surface area contributed by atoms with Gasteiger partial charge in [0.15, 0.2) is 11.6 Å². The largest absolute Gasteiger partial charge is 0.487 e. The molecule has 0 amide bonds. The molecule has 0 bridgehead atoms. The maximum absolute atomic E-state index is 13.2. The average molecular weight is 267 g/mol. The monoisotopic (exact) mass is 267 g/mol. The highest BCUT2D eigenvalue weighted by atomic mass is 19.2. The number of benzene rings is 1. The van der Waals surface area contributed by atoms with E-state index in [2.05, 4.69) is 5.32 Å². The Hall–Kier alpha value is -1.16. The second-order valence-electron chi connectivity index (χ2n) is 5.69. The van der Waals surface area contributed by atoms with E-state index in [1.165, 1.54) is 18.9 Å². The van der Waals surface area contributed by atoms with Crippen molar-refractivity contribution >= 4 is 0 Å². The van der Waals surface area contributed by atoms with Crippen molar-refractivity contribution in [2.45, 2.75) is 50.2 Å². The van der Waals surface area contributed by atoms with Crippen LogP contribution in [0.5, 0.6) is 5.75 Å². The Morgan fingerprint density at radius 3 is 2.58 bits per heavy atom. The normalized spacial score (nSPS) is 20.9. The number of hydrogen-bond acceptors (Lipinski definition) is 2. The van der Waals surface area contributed by atoms with E-state index in [1.807, 2.05) is 0 Å². The highest BCUT2D eigenvalue weighted by molar-refractivity contribution is 5.25. The molecule has 2 aliphatic rings. The van der Waals surface area contributed by atoms with Gasteiger partial charge in [-0.05, 0) is 57.2 Å². The van der Waals surface area contributed by atoms with Crippen LogP contribution in [0.3, 0.4) is 0 Å². The molecular weight excluding hydrogens is 248 g/mol. The fourth-order valence-corrected chi connectivity index (χ4v) is 2.56. The highest BCUT2D eigenvalue weighted by Gasteiger charge is 2.39. The van der Waals surface area contributed by atoms with E-state index >= 15 is 0 Å². The van der Waals surface area contributed by atoms with Crippen LogP contribution < -0.4 is 10.1 Å². The van der Waals surface area contributed by atoms with E-state index in [1.54, 1.807) is 0 Å². The SMILES string of the molecule is Fc1ccc(OC2(CCNC3CC3)CCC2)cc1F. The zero-order chi connectivity index (χ0) is 13.3. The molecule has 1 aromatic carbocycles. The van der Waals surface area contributed by atoms with Crippen LogP contribution in [0.25, 0.3) is 0 Å². The summed E-state index contributed by atoms with van der Waals surface area (Å²) in [6, 6.07) is 4.47. The standard InChI is InChI=1S/C15H19F2NO/c16-13-5-4-12(10-14(13)17)19-15(6-1-7-15)8-9-18-11-2-3-11/h4-5,10-11,18H,1-3,6-9H2. The number of hydrogen-bond donors (Lipinski definition) is 1. The Balaban J connectivity index is 1.59. The first-order valence-electron chi connectivity index (χ1n) is 7.04. The lowest BCUT2D eigenvalue weighted by Gasteiger charge is -2.42. The van der Waals surface area contributed by atoms with E-state index in [9.17, 15) is 8.78 Å². The molecular formula is C15H19F2NO. The lowest BCUT2D eigenvalue weighted by Crippen LogP contribution is -2.45. The van der Waals surface area contributed by atoms with Gasteiger partial charge in [0.1, 0.15) is 11.4 Å². The smallest absolute Gasteiger partial charge is 0.162 e. The Bertz CT molecular complexity index is 455. The van der Waals surface area contributed by atoms with Crippen LogP contribution in [-0.4, -0.2) is 18.2 Å². The van der Waals surface area contributed by atoms with Gasteiger partial charge in [0.05, 0.1) is 0 Å². The van der Waals surface area contributed by atoms with E-state index in [0.29, 0.717) is 11.8 Å². The van der Waals surface area contributed by atoms with Gasteiger partial charge in [-0.25, -0.2) is 8.78 Å². The maximum Gasteiger partial charge on any atom is 0.162 e. The molecule has 0 atom stereocenters. The number of ether oxygens (including phenoxy) is 1. The minimum atomic E-state index is -0.844. The van der Waals surface area contributed by atoms with E-state index in [-0.39, 0.29) is 5.60 Å². The van der Waals surface area contributed by atoms with Gasteiger partial charge in [-0.15, -0.1) is 0 Å². The van der Waals surface area contributed by atoms with Gasteiger partial charge in [0.2, 0.25) is 0 Å². The molecule has 0 spiro atoms. The predicted octanol–water partition coefficient (Wildman–Crippen LogP) is 3.41. The summed E-state index contributed by atoms with van der Waals surface area (Å²) >= 11 is 0. The summed E-state index contributed by atoms with van der Waals surface area (Å²) in [6.45, 7) is 0.939. The molecule has 2 fully saturated rings. The van der Waals surface area contributed by atoms with Crippen molar-refractivity contribution in [3.8, 4) is 5.75 Å². The molecule has 0 aromatic heterocycles. The summed E-state index contributed by atoms with van der Waals surface area (Å²) in [5.41, 5.74) is -0.174. The first kappa shape index (κ1) is 12.9. The Labute approximate surface area is 112 Å². The molecule has 104 valence electrons. The van der Waals surface area contributed by atoms with Crippen LogP contribution in [-0.2, 0) is 0 Å². The van der Waals surface area contributed by atoms with Crippen LogP contribution in [0.1, 0.15) is 38.5 Å². The van der Waals surface area contributed by atoms with Crippen molar-refractivity contribution in [2.24, 2.45) is 0 Å². The van der Waals surface area contributed by atoms with Crippen LogP contribution in [0, 0.1) is 11.6 Å². The van der Waals surface area contributed by atoms with Gasteiger partial charge < -0.3 is 10.1 Å². The van der Waals surface area contributed by atoms with Gasteiger partial charge >= 0.3 is 0 Å². The first-order valence-corrected chi connectivity index (χ1v) is 7.04. The minimum absolute atomic E-state index is 0.174. The van der Waals surface area contributed by atoms with Crippen molar-refractivity contribution in [2.75, 3.05) is 6.54 Å². The molecule has 0 heterocycles. The third kappa shape index (κ3) is 3.06. The number of halogens is 2. The third-order valence-electron chi connectivity index (χ3n) is 4.08. The summed E-state index contributed by atoms with van der Waals surface area (Å²) in [5, 5.41) is 3.47. The molecule has 2 aliphatic carbocycles. The number of nitrogens with one attached hydrogen (secondary N) is 1. The molecule has 1 aromatic rings. The molecule has 0 unspecified atom stereocenters. The lowest BCUT2D eigenvalue weighted by atomic mass is 9.77. The Morgan fingerprint density at radius 2 is 2.00 bits per heavy atom. The molecule has 2 nitrogen and oxygen atoms in total. The van der Waals surface area contributed by atoms with Gasteiger partial charge in [-0.2, -0.15) is 0 Å². The van der Waals surface area contributed by atoms with Crippen LogP contribution in [0.15, 0.2) is 18.2 Å². The minimum Gasteiger partial charge on any atom is -0.487 e. The summed E-state index contributed by atoms with van der Waals surface area (Å²) in [4.78, 5) is 0. The lowest BCUT2D eigenvalue weighted by molar-refractivity contribution is -0.0145. The van der Waals surface area contributed by atoms with Crippen molar-refractivity contribution in [3.05, 3.63) is 29.8 Å². The molecule has 2 saturated carbocycles. The third-order valence-corrected chi connectivity index (χ3v) is 4.08. The van der Waals surface area contributed by atoms with Gasteiger partial charge in [-0.1, -0.05) is 0 Å². The Morgan fingerprint density at radius 1 is 1.21 bits per heavy atom. The maximum atomic E-state index is 13.2. The van der Waals surface area contributed by atoms with Crippen molar-refractivity contribution in [3.63, 3.8) is 0 Å². The molecule has 19 heavy (non-hydrogen) atoms. The van der Waals surface area contributed by atoms with Crippen LogP contribution in [0.2, 0.25) is 0 Å². The average Bonchev–Trinajstić information content (AvgIpc) is 3.14. The van der Waals surface area contributed by atoms with Crippen molar-refractivity contribution in [1.82, 2.24) is 5.32 Å². The predicted molar refractivity (Wildman–Crippen MR) is 69.2 cm³/mol. The zero-order valence-electron chi connectivity index (χ0n) is 10.9. The Kier molecular flexibility index (Phi) is 3.44. The molecule has 4 heteroatoms. The summed E-state index contributed by atoms with van der Waals surface area (Å²) in [7, 11) is 0. The quantitative estimate of drug-likeness (QED) is 0.853. The fourth-order valence-electron chi connectivity index (χ4n) is 2.56. The molecule has 3 rings (SSSR count). The summed E-state index contributed by atoms with van der Waals surface area (Å²) < 4.78 is 32.0. The highest BCUT2D eigenvalue weighted by Crippen LogP contribution is 2.39. The van der Waals surface area contributed by atoms with Crippen LogP contribution in [0.4, 0.5) is 8.78 Å². The molecule has 0 aliphatic heterocycles. The van der Waals surface area contributed by atoms with Crippen LogP contribution >= 0.6 is 0 Å². The summed E-state index contributed by atoms with van der Waals surface area (Å²) in [5.74, 6) is -1.24. The topological polar surface area (TPSA) is 21.3 Å². The van der Waals surface area contributed by atoms with E-state index in [0.717, 1.165) is 44.4 Å². The summed E-state index contributed by atoms with van der Waals surface area (Å²) in [6.07, 6.45) is 6.63.